The molecule has 1 heterocycles. The molecule has 14 heavy (non-hydrogen) atoms. The maximum absolute atomic E-state index is 11.6. The fourth-order valence-corrected chi connectivity index (χ4v) is 1.67. The Morgan fingerprint density at radius 1 is 1.43 bits per heavy atom. The minimum absolute atomic E-state index is 0.0847. The molecule has 1 aliphatic heterocycles. The molecule has 4 heteroatoms. The number of rotatable bonds is 5. The van der Waals surface area contributed by atoms with Crippen LogP contribution >= 0.6 is 0 Å². The summed E-state index contributed by atoms with van der Waals surface area (Å²) in [5, 5.41) is 3.07. The van der Waals surface area contributed by atoms with Gasteiger partial charge in [0.15, 0.2) is 0 Å². The van der Waals surface area contributed by atoms with E-state index in [2.05, 4.69) is 19.2 Å². The lowest BCUT2D eigenvalue weighted by atomic mass is 10.1. The first-order valence-corrected chi connectivity index (χ1v) is 5.17. The molecule has 1 aliphatic rings. The van der Waals surface area contributed by atoms with Crippen molar-refractivity contribution < 1.29 is 14.3 Å². The second-order valence-corrected chi connectivity index (χ2v) is 3.76. The molecule has 4 nitrogen and oxygen atoms in total. The number of carbonyl (C=O) groups is 1. The molecule has 0 aromatic rings. The average molecular weight is 201 g/mol. The van der Waals surface area contributed by atoms with Gasteiger partial charge in [-0.1, -0.05) is 13.8 Å². The Morgan fingerprint density at radius 2 is 2.07 bits per heavy atom. The van der Waals surface area contributed by atoms with E-state index < -0.39 is 5.72 Å². The third-order valence-corrected chi connectivity index (χ3v) is 2.34. The van der Waals surface area contributed by atoms with Gasteiger partial charge in [-0.15, -0.1) is 0 Å². The first-order valence-electron chi connectivity index (χ1n) is 5.17. The minimum atomic E-state index is -0.862. The van der Waals surface area contributed by atoms with Crippen LogP contribution in [0.5, 0.6) is 0 Å². The lowest BCUT2D eigenvalue weighted by Crippen LogP contribution is -2.35. The van der Waals surface area contributed by atoms with Crippen LogP contribution in [0.15, 0.2) is 0 Å². The molecule has 1 N–H and O–H groups in total. The second-order valence-electron chi connectivity index (χ2n) is 3.76. The number of ether oxygens (including phenoxy) is 2. The zero-order chi connectivity index (χ0) is 10.8. The van der Waals surface area contributed by atoms with Gasteiger partial charge in [0.05, 0.1) is 12.6 Å². The van der Waals surface area contributed by atoms with Gasteiger partial charge in [0, 0.05) is 6.61 Å². The molecular formula is C10H19NO3. The van der Waals surface area contributed by atoms with Crippen LogP contribution in [-0.4, -0.2) is 30.9 Å². The van der Waals surface area contributed by atoms with E-state index >= 15 is 0 Å². The number of carbonyl (C=O) groups excluding carboxylic acids is 1. The number of hydrogen-bond donors (Lipinski definition) is 1. The first-order chi connectivity index (χ1) is 6.58. The normalized spacial score (nSPS) is 30.5. The highest BCUT2D eigenvalue weighted by Gasteiger charge is 2.63. The molecule has 1 rings (SSSR count). The predicted molar refractivity (Wildman–Crippen MR) is 52.8 cm³/mol. The highest BCUT2D eigenvalue weighted by atomic mass is 16.6. The molecule has 2 unspecified atom stereocenters. The summed E-state index contributed by atoms with van der Waals surface area (Å²) >= 11 is 0. The molecule has 0 spiro atoms. The third kappa shape index (κ3) is 1.91. The minimum Gasteiger partial charge on any atom is -0.463 e. The van der Waals surface area contributed by atoms with Gasteiger partial charge in [0.2, 0.25) is 5.72 Å². The molecule has 82 valence electrons. The topological polar surface area (TPSA) is 57.5 Å². The van der Waals surface area contributed by atoms with E-state index in [-0.39, 0.29) is 12.0 Å². The molecule has 0 aromatic heterocycles. The summed E-state index contributed by atoms with van der Waals surface area (Å²) in [5.74, 6) is 0.0755. The SMILES string of the molecule is CCOC(=O)C1(OCC)NC1C(C)C. The zero-order valence-corrected chi connectivity index (χ0v) is 9.29. The van der Waals surface area contributed by atoms with Crippen LogP contribution in [0.4, 0.5) is 0 Å². The van der Waals surface area contributed by atoms with Crippen molar-refractivity contribution in [2.75, 3.05) is 13.2 Å². The van der Waals surface area contributed by atoms with E-state index in [1.165, 1.54) is 0 Å². The van der Waals surface area contributed by atoms with Crippen LogP contribution in [0, 0.1) is 5.92 Å². The van der Waals surface area contributed by atoms with E-state index in [4.69, 9.17) is 9.47 Å². The summed E-state index contributed by atoms with van der Waals surface area (Å²) in [6.45, 7) is 8.67. The van der Waals surface area contributed by atoms with Gasteiger partial charge in [0.25, 0.3) is 0 Å². The predicted octanol–water partition coefficient (Wildman–Crippen LogP) is 0.910. The summed E-state index contributed by atoms with van der Waals surface area (Å²) < 4.78 is 10.4. The van der Waals surface area contributed by atoms with Gasteiger partial charge in [-0.3, -0.25) is 5.32 Å². The van der Waals surface area contributed by atoms with Crippen molar-refractivity contribution in [2.24, 2.45) is 5.92 Å². The van der Waals surface area contributed by atoms with Crippen molar-refractivity contribution in [3.05, 3.63) is 0 Å². The maximum Gasteiger partial charge on any atom is 0.355 e. The molecule has 2 atom stereocenters. The first kappa shape index (κ1) is 11.5. The average Bonchev–Trinajstić information content (AvgIpc) is 2.82. The Balaban J connectivity index is 2.62. The van der Waals surface area contributed by atoms with Crippen molar-refractivity contribution in [3.8, 4) is 0 Å². The van der Waals surface area contributed by atoms with Crippen LogP contribution < -0.4 is 5.32 Å². The molecular weight excluding hydrogens is 182 g/mol. The Hall–Kier alpha value is -0.610. The van der Waals surface area contributed by atoms with Crippen LogP contribution in [0.1, 0.15) is 27.7 Å². The van der Waals surface area contributed by atoms with Gasteiger partial charge in [0.1, 0.15) is 0 Å². The van der Waals surface area contributed by atoms with Crippen molar-refractivity contribution in [2.45, 2.75) is 39.5 Å². The van der Waals surface area contributed by atoms with Gasteiger partial charge in [-0.25, -0.2) is 4.79 Å². The summed E-state index contributed by atoms with van der Waals surface area (Å²) in [5.41, 5.74) is -0.862. The van der Waals surface area contributed by atoms with E-state index in [0.29, 0.717) is 19.1 Å². The molecule has 1 fully saturated rings. The Bertz CT molecular complexity index is 217. The summed E-state index contributed by atoms with van der Waals surface area (Å²) in [6.07, 6.45) is 0. The number of esters is 1. The van der Waals surface area contributed by atoms with E-state index in [9.17, 15) is 4.79 Å². The van der Waals surface area contributed by atoms with Gasteiger partial charge in [-0.2, -0.15) is 0 Å². The highest BCUT2D eigenvalue weighted by Crippen LogP contribution is 2.34. The fourth-order valence-electron chi connectivity index (χ4n) is 1.67. The smallest absolute Gasteiger partial charge is 0.355 e. The maximum atomic E-state index is 11.6. The molecule has 0 aliphatic carbocycles. The van der Waals surface area contributed by atoms with Crippen LogP contribution in [-0.2, 0) is 14.3 Å². The molecule has 0 radical (unpaired) electrons. The summed E-state index contributed by atoms with van der Waals surface area (Å²) in [6, 6.07) is 0.0847. The van der Waals surface area contributed by atoms with Crippen molar-refractivity contribution in [3.63, 3.8) is 0 Å². The monoisotopic (exact) mass is 201 g/mol. The molecule has 0 aromatic carbocycles. The van der Waals surface area contributed by atoms with Crippen LogP contribution in [0.25, 0.3) is 0 Å². The zero-order valence-electron chi connectivity index (χ0n) is 9.29. The quantitative estimate of drug-likeness (QED) is 0.530. The van der Waals surface area contributed by atoms with Crippen molar-refractivity contribution in [1.29, 1.82) is 0 Å². The number of hydrogen-bond acceptors (Lipinski definition) is 4. The second kappa shape index (κ2) is 4.28. The lowest BCUT2D eigenvalue weighted by molar-refractivity contribution is -0.161. The Morgan fingerprint density at radius 3 is 2.43 bits per heavy atom. The van der Waals surface area contributed by atoms with E-state index in [1.54, 1.807) is 6.92 Å². The molecule has 1 saturated heterocycles. The fraction of sp³-hybridized carbons (Fsp3) is 0.900. The van der Waals surface area contributed by atoms with E-state index in [0.717, 1.165) is 0 Å². The Labute approximate surface area is 85.0 Å². The Kier molecular flexibility index (Phi) is 3.50. The number of nitrogens with one attached hydrogen (secondary N) is 1. The summed E-state index contributed by atoms with van der Waals surface area (Å²) in [4.78, 5) is 11.6. The van der Waals surface area contributed by atoms with Gasteiger partial charge in [-0.05, 0) is 19.8 Å². The lowest BCUT2D eigenvalue weighted by Gasteiger charge is -2.14. The van der Waals surface area contributed by atoms with Crippen LogP contribution in [0.3, 0.4) is 0 Å². The van der Waals surface area contributed by atoms with Gasteiger partial charge < -0.3 is 9.47 Å². The van der Waals surface area contributed by atoms with E-state index in [1.807, 2.05) is 6.92 Å². The van der Waals surface area contributed by atoms with Gasteiger partial charge >= 0.3 is 5.97 Å². The third-order valence-electron chi connectivity index (χ3n) is 2.34. The molecule has 0 saturated carbocycles. The largest absolute Gasteiger partial charge is 0.463 e. The molecule has 0 bridgehead atoms. The van der Waals surface area contributed by atoms with Crippen molar-refractivity contribution in [1.82, 2.24) is 5.32 Å². The summed E-state index contributed by atoms with van der Waals surface area (Å²) in [7, 11) is 0. The molecule has 0 amide bonds. The highest BCUT2D eigenvalue weighted by molar-refractivity contribution is 5.84. The standard InChI is InChI=1S/C10H19NO3/c1-5-13-9(12)10(14-6-2)8(11-10)7(3)4/h7-8,11H,5-6H2,1-4H3. The van der Waals surface area contributed by atoms with Crippen LogP contribution in [0.2, 0.25) is 0 Å². The van der Waals surface area contributed by atoms with Crippen molar-refractivity contribution >= 4 is 5.97 Å².